The number of carbonyl (C=O) groups is 2. The van der Waals surface area contributed by atoms with E-state index in [4.69, 9.17) is 4.74 Å². The number of carbonyl (C=O) groups excluding carboxylic acids is 2. The molecule has 5 rings (SSSR count). The van der Waals surface area contributed by atoms with Gasteiger partial charge in [-0.25, -0.2) is 0 Å². The number of amides is 2. The van der Waals surface area contributed by atoms with E-state index in [2.05, 4.69) is 33.4 Å². The van der Waals surface area contributed by atoms with Crippen molar-refractivity contribution in [3.63, 3.8) is 0 Å². The van der Waals surface area contributed by atoms with Gasteiger partial charge in [-0.3, -0.25) is 14.6 Å². The van der Waals surface area contributed by atoms with Crippen LogP contribution in [0, 0.1) is 5.92 Å². The quantitative estimate of drug-likeness (QED) is 0.523. The molecule has 1 N–H and O–H groups in total. The van der Waals surface area contributed by atoms with Crippen molar-refractivity contribution >= 4 is 11.8 Å². The molecule has 3 aromatic rings. The Balaban J connectivity index is 1.36. The number of ether oxygens (including phenoxy) is 1. The van der Waals surface area contributed by atoms with Gasteiger partial charge in [0.1, 0.15) is 5.75 Å². The van der Waals surface area contributed by atoms with E-state index in [1.165, 1.54) is 5.56 Å². The molecule has 36 heavy (non-hydrogen) atoms. The van der Waals surface area contributed by atoms with Gasteiger partial charge >= 0.3 is 0 Å². The molecule has 2 amide bonds. The number of hydrogen-bond donors (Lipinski definition) is 1. The van der Waals surface area contributed by atoms with Crippen molar-refractivity contribution in [1.29, 1.82) is 0 Å². The fraction of sp³-hybridized carbons (Fsp3) is 0.367. The molecule has 2 unspecified atom stereocenters. The number of fused-ring (bicyclic) bond motifs is 1. The van der Waals surface area contributed by atoms with Crippen LogP contribution in [0.1, 0.15) is 60.9 Å². The third-order valence-electron chi connectivity index (χ3n) is 7.32. The van der Waals surface area contributed by atoms with Crippen molar-refractivity contribution in [2.45, 2.75) is 57.7 Å². The summed E-state index contributed by atoms with van der Waals surface area (Å²) in [6.07, 6.45) is 7.84. The molecule has 1 aliphatic carbocycles. The van der Waals surface area contributed by atoms with Gasteiger partial charge in [0, 0.05) is 31.4 Å². The summed E-state index contributed by atoms with van der Waals surface area (Å²) in [5.74, 6) is 0.838. The molecule has 2 aromatic carbocycles. The Bertz CT molecular complexity index is 1190. The van der Waals surface area contributed by atoms with Crippen molar-refractivity contribution in [2.75, 3.05) is 6.54 Å². The van der Waals surface area contributed by atoms with Crippen molar-refractivity contribution in [1.82, 2.24) is 15.2 Å². The van der Waals surface area contributed by atoms with Crippen LogP contribution in [0.3, 0.4) is 0 Å². The van der Waals surface area contributed by atoms with Crippen LogP contribution < -0.4 is 10.1 Å². The van der Waals surface area contributed by atoms with Gasteiger partial charge in [-0.2, -0.15) is 0 Å². The molecule has 6 heteroatoms. The van der Waals surface area contributed by atoms with Gasteiger partial charge in [-0.05, 0) is 66.6 Å². The summed E-state index contributed by atoms with van der Waals surface area (Å²) < 4.78 is 6.08. The highest BCUT2D eigenvalue weighted by Gasteiger charge is 2.36. The molecule has 186 valence electrons. The summed E-state index contributed by atoms with van der Waals surface area (Å²) in [6, 6.07) is 19.9. The standard InChI is InChI=1S/C30H33N3O3/c1-21(29(34)32-20-22-8-7-16-31-19-22)36-26-14-13-23-15-17-33(30(35)25-11-5-6-12-25)28(27(23)18-26)24-9-3-2-4-10-24/h2-4,7-10,13-14,16,18-19,21,25,28H,5-6,11-12,15,17,20H2,1H3,(H,32,34). The van der Waals surface area contributed by atoms with Gasteiger partial charge in [0.05, 0.1) is 6.04 Å². The first-order valence-electron chi connectivity index (χ1n) is 12.9. The van der Waals surface area contributed by atoms with Crippen molar-refractivity contribution in [3.05, 3.63) is 95.3 Å². The highest BCUT2D eigenvalue weighted by Crippen LogP contribution is 2.39. The van der Waals surface area contributed by atoms with Crippen molar-refractivity contribution in [3.8, 4) is 5.75 Å². The minimum absolute atomic E-state index is 0.126. The third kappa shape index (κ3) is 5.27. The fourth-order valence-electron chi connectivity index (χ4n) is 5.40. The summed E-state index contributed by atoms with van der Waals surface area (Å²) in [5, 5.41) is 2.91. The second kappa shape index (κ2) is 10.9. The second-order valence-electron chi connectivity index (χ2n) is 9.78. The molecule has 1 fully saturated rings. The van der Waals surface area contributed by atoms with Crippen LogP contribution in [0.25, 0.3) is 0 Å². The molecule has 0 bridgehead atoms. The zero-order valence-corrected chi connectivity index (χ0v) is 20.7. The van der Waals surface area contributed by atoms with Crippen LogP contribution >= 0.6 is 0 Å². The largest absolute Gasteiger partial charge is 0.481 e. The summed E-state index contributed by atoms with van der Waals surface area (Å²) in [6.45, 7) is 2.87. The maximum Gasteiger partial charge on any atom is 0.261 e. The van der Waals surface area contributed by atoms with Crippen LogP contribution in [-0.4, -0.2) is 34.3 Å². The molecular weight excluding hydrogens is 450 g/mol. The van der Waals surface area contributed by atoms with E-state index in [1.807, 2.05) is 42.5 Å². The molecular formula is C30H33N3O3. The Hall–Kier alpha value is -3.67. The van der Waals surface area contributed by atoms with E-state index in [0.29, 0.717) is 12.3 Å². The van der Waals surface area contributed by atoms with E-state index in [1.54, 1.807) is 19.3 Å². The number of aromatic nitrogens is 1. The van der Waals surface area contributed by atoms with Gasteiger partial charge in [0.2, 0.25) is 5.91 Å². The van der Waals surface area contributed by atoms with Gasteiger partial charge in [0.25, 0.3) is 5.91 Å². The van der Waals surface area contributed by atoms with Crippen molar-refractivity contribution in [2.24, 2.45) is 5.92 Å². The van der Waals surface area contributed by atoms with Crippen LogP contribution in [0.15, 0.2) is 73.1 Å². The maximum absolute atomic E-state index is 13.6. The first kappa shape index (κ1) is 24.0. The number of hydrogen-bond acceptors (Lipinski definition) is 4. The highest BCUT2D eigenvalue weighted by atomic mass is 16.5. The minimum Gasteiger partial charge on any atom is -0.481 e. The summed E-state index contributed by atoms with van der Waals surface area (Å²) in [5.41, 5.74) is 4.34. The smallest absolute Gasteiger partial charge is 0.261 e. The zero-order chi connectivity index (χ0) is 24.9. The van der Waals surface area contributed by atoms with Crippen LogP contribution in [0.4, 0.5) is 0 Å². The average molecular weight is 484 g/mol. The summed E-state index contributed by atoms with van der Waals surface area (Å²) in [4.78, 5) is 32.4. The van der Waals surface area contributed by atoms with Gasteiger partial charge in [-0.1, -0.05) is 55.3 Å². The SMILES string of the molecule is CC(Oc1ccc2c(c1)C(c1ccccc1)N(C(=O)C1CCCC1)CC2)C(=O)NCc1cccnc1. The van der Waals surface area contributed by atoms with Crippen LogP contribution in [0.5, 0.6) is 5.75 Å². The molecule has 2 aliphatic rings. The topological polar surface area (TPSA) is 71.5 Å². The Kier molecular flexibility index (Phi) is 7.31. The molecule has 0 spiro atoms. The molecule has 6 nitrogen and oxygen atoms in total. The fourth-order valence-corrected chi connectivity index (χ4v) is 5.40. The van der Waals surface area contributed by atoms with Crippen LogP contribution in [0.2, 0.25) is 0 Å². The Morgan fingerprint density at radius 1 is 1.08 bits per heavy atom. The number of nitrogens with one attached hydrogen (secondary N) is 1. The second-order valence-corrected chi connectivity index (χ2v) is 9.78. The highest BCUT2D eigenvalue weighted by molar-refractivity contribution is 5.81. The summed E-state index contributed by atoms with van der Waals surface area (Å²) >= 11 is 0. The van der Waals surface area contributed by atoms with Gasteiger partial charge in [0.15, 0.2) is 6.10 Å². The lowest BCUT2D eigenvalue weighted by Crippen LogP contribution is -2.43. The molecule has 1 saturated carbocycles. The van der Waals surface area contributed by atoms with E-state index in [9.17, 15) is 9.59 Å². The predicted octanol–water partition coefficient (Wildman–Crippen LogP) is 4.83. The van der Waals surface area contributed by atoms with Gasteiger partial charge < -0.3 is 15.0 Å². The third-order valence-corrected chi connectivity index (χ3v) is 7.32. The lowest BCUT2D eigenvalue weighted by molar-refractivity contribution is -0.137. The molecule has 0 saturated heterocycles. The van der Waals surface area contributed by atoms with E-state index >= 15 is 0 Å². The maximum atomic E-state index is 13.6. The van der Waals surface area contributed by atoms with Crippen molar-refractivity contribution < 1.29 is 14.3 Å². The lowest BCUT2D eigenvalue weighted by Gasteiger charge is -2.39. The Morgan fingerprint density at radius 2 is 1.89 bits per heavy atom. The Morgan fingerprint density at radius 3 is 2.64 bits per heavy atom. The molecule has 1 aliphatic heterocycles. The number of pyridine rings is 1. The normalized spacial score (nSPS) is 18.4. The first-order valence-corrected chi connectivity index (χ1v) is 12.9. The molecule has 0 radical (unpaired) electrons. The number of benzene rings is 2. The monoisotopic (exact) mass is 483 g/mol. The number of nitrogens with zero attached hydrogens (tertiary/aromatic N) is 2. The molecule has 2 atom stereocenters. The molecule has 2 heterocycles. The Labute approximate surface area is 212 Å². The van der Waals surface area contributed by atoms with E-state index in [0.717, 1.165) is 55.3 Å². The average Bonchev–Trinajstić information content (AvgIpc) is 3.47. The predicted molar refractivity (Wildman–Crippen MR) is 138 cm³/mol. The molecule has 1 aromatic heterocycles. The van der Waals surface area contributed by atoms with E-state index < -0.39 is 6.10 Å². The minimum atomic E-state index is -0.658. The van der Waals surface area contributed by atoms with Gasteiger partial charge in [-0.15, -0.1) is 0 Å². The zero-order valence-electron chi connectivity index (χ0n) is 20.7. The number of rotatable bonds is 7. The first-order chi connectivity index (χ1) is 17.6. The lowest BCUT2D eigenvalue weighted by atomic mass is 9.87. The van der Waals surface area contributed by atoms with Crippen LogP contribution in [-0.2, 0) is 22.6 Å². The van der Waals surface area contributed by atoms with E-state index in [-0.39, 0.29) is 23.8 Å². The summed E-state index contributed by atoms with van der Waals surface area (Å²) in [7, 11) is 0.